The molecular weight excluding hydrogens is 355 g/mol. The molecule has 1 saturated heterocycles. The maximum Gasteiger partial charge on any atom is 0.451 e. The van der Waals surface area contributed by atoms with Gasteiger partial charge in [0.1, 0.15) is 5.54 Å². The summed E-state index contributed by atoms with van der Waals surface area (Å²) in [4.78, 5) is 29.8. The van der Waals surface area contributed by atoms with Crippen LogP contribution in [-0.2, 0) is 9.59 Å². The fraction of sp³-hybridized carbons (Fsp3) is 0.800. The number of nitrogens with two attached hydrogens (primary N) is 4. The highest BCUT2D eigenvalue weighted by Gasteiger charge is 2.50. The summed E-state index contributed by atoms with van der Waals surface area (Å²) in [5, 5.41) is 27.7. The maximum atomic E-state index is 12.8. The topological polar surface area (TPSA) is 215 Å². The van der Waals surface area contributed by atoms with Gasteiger partial charge in [-0.05, 0) is 38.4 Å². The van der Waals surface area contributed by atoms with Crippen LogP contribution in [0, 0.1) is 5.92 Å². The SMILES string of the molecule is C[C@@H]1N(C(=O)C(N)CCCN=C(N)N)C[C@@H](CCB(O)O)C[C@]1(N)C(=O)O. The minimum atomic E-state index is -1.63. The van der Waals surface area contributed by atoms with Gasteiger partial charge in [0, 0.05) is 13.1 Å². The van der Waals surface area contributed by atoms with Crippen molar-refractivity contribution in [1.82, 2.24) is 4.90 Å². The summed E-state index contributed by atoms with van der Waals surface area (Å²) in [6.45, 7) is 2.20. The van der Waals surface area contributed by atoms with Gasteiger partial charge in [0.2, 0.25) is 5.91 Å². The number of piperidine rings is 1. The number of nitrogens with zero attached hydrogens (tertiary/aromatic N) is 2. The Morgan fingerprint density at radius 3 is 2.52 bits per heavy atom. The van der Waals surface area contributed by atoms with Gasteiger partial charge in [0.05, 0.1) is 12.1 Å². The van der Waals surface area contributed by atoms with Gasteiger partial charge < -0.3 is 43.0 Å². The summed E-state index contributed by atoms with van der Waals surface area (Å²) in [5.41, 5.74) is 21.0. The molecule has 1 aliphatic heterocycles. The number of hydrogen-bond acceptors (Lipinski definition) is 7. The van der Waals surface area contributed by atoms with Crippen molar-refractivity contribution < 1.29 is 24.7 Å². The molecule has 4 atom stereocenters. The predicted molar refractivity (Wildman–Crippen MR) is 101 cm³/mol. The fourth-order valence-electron chi connectivity index (χ4n) is 3.41. The van der Waals surface area contributed by atoms with Crippen LogP contribution in [-0.4, -0.2) is 75.7 Å². The highest BCUT2D eigenvalue weighted by Crippen LogP contribution is 2.33. The van der Waals surface area contributed by atoms with Crippen molar-refractivity contribution in [2.45, 2.75) is 56.5 Å². The van der Waals surface area contributed by atoms with Crippen molar-refractivity contribution in [2.24, 2.45) is 33.8 Å². The van der Waals surface area contributed by atoms with E-state index < -0.39 is 36.6 Å². The van der Waals surface area contributed by atoms with Crippen LogP contribution < -0.4 is 22.9 Å². The molecule has 0 aromatic carbocycles. The van der Waals surface area contributed by atoms with E-state index in [9.17, 15) is 14.7 Å². The summed E-state index contributed by atoms with van der Waals surface area (Å²) in [6.07, 6.45) is 1.38. The first-order valence-corrected chi connectivity index (χ1v) is 8.98. The summed E-state index contributed by atoms with van der Waals surface area (Å²) in [7, 11) is -1.50. The highest BCUT2D eigenvalue weighted by molar-refractivity contribution is 6.40. The maximum absolute atomic E-state index is 12.8. The van der Waals surface area contributed by atoms with Crippen molar-refractivity contribution in [2.75, 3.05) is 13.1 Å². The molecule has 11 N–H and O–H groups in total. The molecular formula is C15H31BN6O5. The smallest absolute Gasteiger partial charge is 0.451 e. The number of carboxylic acids is 1. The average molecular weight is 386 g/mol. The van der Waals surface area contributed by atoms with Crippen LogP contribution in [0.15, 0.2) is 4.99 Å². The highest BCUT2D eigenvalue weighted by atomic mass is 16.4. The molecule has 1 aliphatic rings. The molecule has 1 fully saturated rings. The number of rotatable bonds is 9. The number of guanidine groups is 1. The molecule has 0 aliphatic carbocycles. The number of carbonyl (C=O) groups excluding carboxylic acids is 1. The van der Waals surface area contributed by atoms with Gasteiger partial charge in [-0.1, -0.05) is 6.42 Å². The van der Waals surface area contributed by atoms with E-state index in [2.05, 4.69) is 4.99 Å². The minimum absolute atomic E-state index is 0.0390. The Kier molecular flexibility index (Phi) is 8.47. The summed E-state index contributed by atoms with van der Waals surface area (Å²) in [6, 6.07) is -1.58. The van der Waals surface area contributed by atoms with E-state index in [0.29, 0.717) is 25.8 Å². The largest absolute Gasteiger partial charge is 0.480 e. The van der Waals surface area contributed by atoms with Crippen LogP contribution >= 0.6 is 0 Å². The average Bonchev–Trinajstić information content (AvgIpc) is 2.58. The van der Waals surface area contributed by atoms with Gasteiger partial charge in [0.25, 0.3) is 0 Å². The summed E-state index contributed by atoms with van der Waals surface area (Å²) in [5.74, 6) is -1.91. The molecule has 0 bridgehead atoms. The molecule has 1 amide bonds. The number of aliphatic carboxylic acids is 1. The van der Waals surface area contributed by atoms with Gasteiger partial charge in [-0.15, -0.1) is 0 Å². The Hall–Kier alpha value is -1.89. The minimum Gasteiger partial charge on any atom is -0.480 e. The monoisotopic (exact) mass is 386 g/mol. The lowest BCUT2D eigenvalue weighted by atomic mass is 9.72. The number of amides is 1. The third-order valence-corrected chi connectivity index (χ3v) is 5.09. The molecule has 1 heterocycles. The molecule has 0 aromatic heterocycles. The fourth-order valence-corrected chi connectivity index (χ4v) is 3.41. The van der Waals surface area contributed by atoms with Gasteiger partial charge >= 0.3 is 13.1 Å². The molecule has 27 heavy (non-hydrogen) atoms. The lowest BCUT2D eigenvalue weighted by Gasteiger charge is -2.48. The third-order valence-electron chi connectivity index (χ3n) is 5.09. The van der Waals surface area contributed by atoms with Gasteiger partial charge in [0.15, 0.2) is 5.96 Å². The van der Waals surface area contributed by atoms with E-state index in [1.165, 1.54) is 4.90 Å². The normalized spacial score (nSPS) is 26.3. The van der Waals surface area contributed by atoms with E-state index in [4.69, 9.17) is 33.0 Å². The van der Waals surface area contributed by atoms with Crippen LogP contribution in [0.1, 0.15) is 32.6 Å². The Bertz CT molecular complexity index is 559. The quantitative estimate of drug-likeness (QED) is 0.0944. The standard InChI is InChI=1S/C15H31BN6O5/c1-9-15(20,13(24)25)7-10(4-5-16(26)27)8-22(9)12(23)11(17)3-2-6-21-14(18)19/h9-11,26-27H,2-8,17,20H2,1H3,(H,24,25)(H4,18,19,21)/t9-,10-,11?,15+/m0/s1. The van der Waals surface area contributed by atoms with Crippen LogP contribution in [0.2, 0.25) is 6.32 Å². The second-order valence-electron chi connectivity index (χ2n) is 7.20. The van der Waals surface area contributed by atoms with Crippen molar-refractivity contribution in [1.29, 1.82) is 0 Å². The Morgan fingerprint density at radius 1 is 1.37 bits per heavy atom. The van der Waals surface area contributed by atoms with E-state index in [1.807, 2.05) is 0 Å². The summed E-state index contributed by atoms with van der Waals surface area (Å²) >= 11 is 0. The van der Waals surface area contributed by atoms with Crippen molar-refractivity contribution in [3.8, 4) is 0 Å². The molecule has 1 unspecified atom stereocenters. The van der Waals surface area contributed by atoms with Gasteiger partial charge in [-0.3, -0.25) is 14.6 Å². The molecule has 154 valence electrons. The zero-order chi connectivity index (χ0) is 20.8. The Balaban J connectivity index is 2.85. The molecule has 0 saturated carbocycles. The first kappa shape index (κ1) is 23.2. The second-order valence-corrected chi connectivity index (χ2v) is 7.20. The number of carbonyl (C=O) groups is 2. The number of hydrogen-bond donors (Lipinski definition) is 7. The molecule has 11 nitrogen and oxygen atoms in total. The predicted octanol–water partition coefficient (Wildman–Crippen LogP) is -2.75. The zero-order valence-corrected chi connectivity index (χ0v) is 15.6. The van der Waals surface area contributed by atoms with E-state index in [-0.39, 0.29) is 31.2 Å². The third kappa shape index (κ3) is 6.34. The molecule has 0 radical (unpaired) electrons. The first-order valence-electron chi connectivity index (χ1n) is 8.98. The lowest BCUT2D eigenvalue weighted by molar-refractivity contribution is -0.154. The molecule has 0 aromatic rings. The van der Waals surface area contributed by atoms with Crippen LogP contribution in [0.4, 0.5) is 0 Å². The van der Waals surface area contributed by atoms with E-state index >= 15 is 0 Å². The summed E-state index contributed by atoms with van der Waals surface area (Å²) < 4.78 is 0. The van der Waals surface area contributed by atoms with Gasteiger partial charge in [-0.25, -0.2) is 0 Å². The van der Waals surface area contributed by atoms with E-state index in [0.717, 1.165) is 0 Å². The lowest BCUT2D eigenvalue weighted by Crippen LogP contribution is -2.69. The number of carboxylic acid groups (broad SMARTS) is 1. The van der Waals surface area contributed by atoms with Crippen LogP contribution in [0.25, 0.3) is 0 Å². The van der Waals surface area contributed by atoms with Crippen molar-refractivity contribution in [3.05, 3.63) is 0 Å². The van der Waals surface area contributed by atoms with Gasteiger partial charge in [-0.2, -0.15) is 0 Å². The van der Waals surface area contributed by atoms with Crippen LogP contribution in [0.5, 0.6) is 0 Å². The molecule has 1 rings (SSSR count). The zero-order valence-electron chi connectivity index (χ0n) is 15.6. The second kappa shape index (κ2) is 9.88. The molecule has 0 spiro atoms. The number of aliphatic imine (C=N–C) groups is 1. The Morgan fingerprint density at radius 2 is 2.00 bits per heavy atom. The van der Waals surface area contributed by atoms with Crippen molar-refractivity contribution in [3.63, 3.8) is 0 Å². The Labute approximate surface area is 158 Å². The van der Waals surface area contributed by atoms with Crippen molar-refractivity contribution >= 4 is 25.0 Å². The first-order chi connectivity index (χ1) is 12.5. The molecule has 12 heteroatoms. The van der Waals surface area contributed by atoms with Crippen LogP contribution in [0.3, 0.4) is 0 Å². The van der Waals surface area contributed by atoms with E-state index in [1.54, 1.807) is 6.92 Å². The number of likely N-dealkylation sites (tertiary alicyclic amines) is 1.